The summed E-state index contributed by atoms with van der Waals surface area (Å²) in [5.74, 6) is 0.549. The molecule has 0 bridgehead atoms. The average Bonchev–Trinajstić information content (AvgIpc) is 2.85. The Morgan fingerprint density at radius 2 is 1.95 bits per heavy atom. The third-order valence-corrected chi connectivity index (χ3v) is 3.28. The number of nitrogens with zero attached hydrogens (tertiary/aromatic N) is 5. The molecule has 1 aromatic carbocycles. The van der Waals surface area contributed by atoms with Crippen molar-refractivity contribution in [1.29, 1.82) is 0 Å². The first-order valence-electron chi connectivity index (χ1n) is 7.19. The molecule has 0 aliphatic carbocycles. The van der Waals surface area contributed by atoms with Gasteiger partial charge < -0.3 is 5.32 Å². The SMILES string of the molecule is CCCCNc1nnc2c(C)nn(-c3ccccc3)c2n1. The minimum absolute atomic E-state index is 0.549. The van der Waals surface area contributed by atoms with Gasteiger partial charge >= 0.3 is 0 Å². The second-order valence-electron chi connectivity index (χ2n) is 4.92. The largest absolute Gasteiger partial charge is 0.353 e. The van der Waals surface area contributed by atoms with Crippen molar-refractivity contribution in [1.82, 2.24) is 25.0 Å². The van der Waals surface area contributed by atoms with Crippen molar-refractivity contribution in [3.63, 3.8) is 0 Å². The van der Waals surface area contributed by atoms with E-state index in [0.717, 1.165) is 41.9 Å². The van der Waals surface area contributed by atoms with Crippen LogP contribution in [0.4, 0.5) is 5.95 Å². The van der Waals surface area contributed by atoms with Gasteiger partial charge in [0.25, 0.3) is 0 Å². The number of unbranched alkanes of at least 4 members (excludes halogenated alkanes) is 1. The van der Waals surface area contributed by atoms with Crippen molar-refractivity contribution < 1.29 is 0 Å². The highest BCUT2D eigenvalue weighted by atomic mass is 15.4. The van der Waals surface area contributed by atoms with Crippen LogP contribution in [0.1, 0.15) is 25.5 Å². The van der Waals surface area contributed by atoms with Crippen molar-refractivity contribution in [2.45, 2.75) is 26.7 Å². The molecule has 6 heteroatoms. The van der Waals surface area contributed by atoms with Crippen LogP contribution in [0.15, 0.2) is 30.3 Å². The Morgan fingerprint density at radius 3 is 2.71 bits per heavy atom. The maximum Gasteiger partial charge on any atom is 0.244 e. The highest BCUT2D eigenvalue weighted by Gasteiger charge is 2.13. The van der Waals surface area contributed by atoms with Crippen molar-refractivity contribution in [2.24, 2.45) is 0 Å². The molecule has 0 saturated heterocycles. The van der Waals surface area contributed by atoms with Crippen LogP contribution in [-0.2, 0) is 0 Å². The summed E-state index contributed by atoms with van der Waals surface area (Å²) in [5, 5.41) is 16.1. The van der Waals surface area contributed by atoms with Crippen LogP contribution >= 0.6 is 0 Å². The molecule has 0 spiro atoms. The Bertz CT molecular complexity index is 735. The van der Waals surface area contributed by atoms with E-state index < -0.39 is 0 Å². The molecule has 3 rings (SSSR count). The topological polar surface area (TPSA) is 68.5 Å². The molecule has 0 aliphatic rings. The number of aryl methyl sites for hydroxylation is 1. The van der Waals surface area contributed by atoms with Gasteiger partial charge in [-0.1, -0.05) is 31.5 Å². The predicted octanol–water partition coefficient (Wildman–Crippen LogP) is 2.73. The number of fused-ring (bicyclic) bond motifs is 1. The second kappa shape index (κ2) is 5.87. The zero-order valence-electron chi connectivity index (χ0n) is 12.2. The first-order valence-corrected chi connectivity index (χ1v) is 7.19. The molecule has 0 fully saturated rings. The number of nitrogens with one attached hydrogen (secondary N) is 1. The molecule has 108 valence electrons. The fourth-order valence-electron chi connectivity index (χ4n) is 2.15. The summed E-state index contributed by atoms with van der Waals surface area (Å²) in [6, 6.07) is 9.93. The van der Waals surface area contributed by atoms with Crippen molar-refractivity contribution in [2.75, 3.05) is 11.9 Å². The zero-order chi connectivity index (χ0) is 14.7. The highest BCUT2D eigenvalue weighted by molar-refractivity contribution is 5.75. The third kappa shape index (κ3) is 2.69. The van der Waals surface area contributed by atoms with E-state index in [1.54, 1.807) is 0 Å². The van der Waals surface area contributed by atoms with Crippen LogP contribution in [0.5, 0.6) is 0 Å². The summed E-state index contributed by atoms with van der Waals surface area (Å²) < 4.78 is 1.81. The van der Waals surface area contributed by atoms with Gasteiger partial charge in [0.15, 0.2) is 11.2 Å². The van der Waals surface area contributed by atoms with E-state index in [2.05, 4.69) is 32.5 Å². The summed E-state index contributed by atoms with van der Waals surface area (Å²) in [6.45, 7) is 4.92. The Kier molecular flexibility index (Phi) is 3.77. The molecular weight excluding hydrogens is 264 g/mol. The molecule has 6 nitrogen and oxygen atoms in total. The van der Waals surface area contributed by atoms with Gasteiger partial charge in [0.1, 0.15) is 0 Å². The number of anilines is 1. The first kappa shape index (κ1) is 13.5. The Hall–Kier alpha value is -2.50. The third-order valence-electron chi connectivity index (χ3n) is 3.28. The summed E-state index contributed by atoms with van der Waals surface area (Å²) in [5.41, 5.74) is 3.26. The molecule has 0 unspecified atom stereocenters. The lowest BCUT2D eigenvalue weighted by Crippen LogP contribution is -2.07. The van der Waals surface area contributed by atoms with E-state index in [-0.39, 0.29) is 0 Å². The number of benzene rings is 1. The van der Waals surface area contributed by atoms with Gasteiger partial charge in [-0.3, -0.25) is 0 Å². The molecule has 1 N–H and O–H groups in total. The fourth-order valence-corrected chi connectivity index (χ4v) is 2.15. The molecule has 0 amide bonds. The Balaban J connectivity index is 2.02. The van der Waals surface area contributed by atoms with Gasteiger partial charge in [0.2, 0.25) is 5.95 Å². The van der Waals surface area contributed by atoms with Crippen LogP contribution in [0.2, 0.25) is 0 Å². The minimum atomic E-state index is 0.549. The minimum Gasteiger partial charge on any atom is -0.353 e. The van der Waals surface area contributed by atoms with Crippen LogP contribution < -0.4 is 5.32 Å². The molecule has 0 atom stereocenters. The smallest absolute Gasteiger partial charge is 0.244 e. The summed E-state index contributed by atoms with van der Waals surface area (Å²) in [7, 11) is 0. The van der Waals surface area contributed by atoms with E-state index in [1.807, 2.05) is 41.9 Å². The molecule has 0 aliphatic heterocycles. The van der Waals surface area contributed by atoms with Crippen LogP contribution in [-0.4, -0.2) is 31.5 Å². The van der Waals surface area contributed by atoms with Crippen LogP contribution in [0.25, 0.3) is 16.9 Å². The highest BCUT2D eigenvalue weighted by Crippen LogP contribution is 2.18. The number of hydrogen-bond donors (Lipinski definition) is 1. The van der Waals surface area contributed by atoms with Crippen molar-refractivity contribution in [3.05, 3.63) is 36.0 Å². The maximum atomic E-state index is 4.56. The van der Waals surface area contributed by atoms with Gasteiger partial charge in [-0.15, -0.1) is 10.2 Å². The van der Waals surface area contributed by atoms with E-state index in [4.69, 9.17) is 0 Å². The Labute approximate surface area is 123 Å². The van der Waals surface area contributed by atoms with Crippen LogP contribution in [0.3, 0.4) is 0 Å². The number of para-hydroxylation sites is 1. The maximum absolute atomic E-state index is 4.56. The quantitative estimate of drug-likeness (QED) is 0.729. The lowest BCUT2D eigenvalue weighted by molar-refractivity contribution is 0.820. The number of aromatic nitrogens is 5. The summed E-state index contributed by atoms with van der Waals surface area (Å²) in [6.07, 6.45) is 2.21. The zero-order valence-corrected chi connectivity index (χ0v) is 12.2. The molecule has 0 radical (unpaired) electrons. The lowest BCUT2D eigenvalue weighted by Gasteiger charge is -2.04. The monoisotopic (exact) mass is 282 g/mol. The molecule has 2 aromatic heterocycles. The van der Waals surface area contributed by atoms with Gasteiger partial charge in [-0.05, 0) is 25.5 Å². The molecular formula is C15H18N6. The first-order chi connectivity index (χ1) is 10.3. The van der Waals surface area contributed by atoms with E-state index in [1.165, 1.54) is 0 Å². The van der Waals surface area contributed by atoms with E-state index in [9.17, 15) is 0 Å². The fraction of sp³-hybridized carbons (Fsp3) is 0.333. The van der Waals surface area contributed by atoms with Gasteiger partial charge in [0.05, 0.1) is 11.4 Å². The van der Waals surface area contributed by atoms with Crippen molar-refractivity contribution >= 4 is 17.1 Å². The van der Waals surface area contributed by atoms with E-state index >= 15 is 0 Å². The van der Waals surface area contributed by atoms with Gasteiger partial charge in [0, 0.05) is 6.54 Å². The standard InChI is InChI=1S/C15H18N6/c1-3-4-10-16-15-17-14-13(18-19-15)11(2)20-21(14)12-8-6-5-7-9-12/h5-9H,3-4,10H2,1-2H3,(H,16,17,19). The van der Waals surface area contributed by atoms with Gasteiger partial charge in [-0.2, -0.15) is 10.1 Å². The van der Waals surface area contributed by atoms with Crippen molar-refractivity contribution in [3.8, 4) is 5.69 Å². The summed E-state index contributed by atoms with van der Waals surface area (Å²) in [4.78, 5) is 4.56. The normalized spacial score (nSPS) is 11.0. The molecule has 21 heavy (non-hydrogen) atoms. The Morgan fingerprint density at radius 1 is 1.14 bits per heavy atom. The second-order valence-corrected chi connectivity index (χ2v) is 4.92. The predicted molar refractivity (Wildman–Crippen MR) is 82.6 cm³/mol. The molecule has 0 saturated carbocycles. The number of rotatable bonds is 5. The lowest BCUT2D eigenvalue weighted by atomic mass is 10.3. The molecule has 2 heterocycles. The number of hydrogen-bond acceptors (Lipinski definition) is 5. The average molecular weight is 282 g/mol. The van der Waals surface area contributed by atoms with Crippen LogP contribution in [0, 0.1) is 6.92 Å². The summed E-state index contributed by atoms with van der Waals surface area (Å²) >= 11 is 0. The van der Waals surface area contributed by atoms with E-state index in [0.29, 0.717) is 5.95 Å². The molecule has 3 aromatic rings. The van der Waals surface area contributed by atoms with Gasteiger partial charge in [-0.25, -0.2) is 4.68 Å².